The second kappa shape index (κ2) is 7.56. The van der Waals surface area contributed by atoms with Crippen LogP contribution in [0.4, 0.5) is 0 Å². The van der Waals surface area contributed by atoms with Crippen LogP contribution in [0, 0.1) is 0 Å². The summed E-state index contributed by atoms with van der Waals surface area (Å²) < 4.78 is 7.70. The molecule has 1 atom stereocenters. The summed E-state index contributed by atoms with van der Waals surface area (Å²) in [6, 6.07) is 13.7. The molecule has 3 heterocycles. The molecule has 6 nitrogen and oxygen atoms in total. The summed E-state index contributed by atoms with van der Waals surface area (Å²) in [6.45, 7) is 1.35. The van der Waals surface area contributed by atoms with Crippen molar-refractivity contribution in [2.75, 3.05) is 0 Å². The van der Waals surface area contributed by atoms with Crippen molar-refractivity contribution >= 4 is 5.91 Å². The molecule has 0 saturated carbocycles. The van der Waals surface area contributed by atoms with E-state index in [1.165, 1.54) is 0 Å². The molecule has 1 unspecified atom stereocenters. The third kappa shape index (κ3) is 3.54. The Balaban J connectivity index is 1.43. The number of aromatic nitrogens is 3. The van der Waals surface area contributed by atoms with Crippen LogP contribution in [0.25, 0.3) is 0 Å². The number of hydrogen-bond donors (Lipinski definition) is 1. The average Bonchev–Trinajstić information content (AvgIpc) is 3.35. The zero-order valence-corrected chi connectivity index (χ0v) is 14.6. The van der Waals surface area contributed by atoms with E-state index >= 15 is 0 Å². The Hall–Kier alpha value is -2.89. The lowest BCUT2D eigenvalue weighted by atomic mass is 9.93. The summed E-state index contributed by atoms with van der Waals surface area (Å²) in [5, 5.41) is 11.5. The van der Waals surface area contributed by atoms with Gasteiger partial charge < -0.3 is 14.3 Å². The minimum atomic E-state index is -0.0986. The second-order valence-corrected chi connectivity index (χ2v) is 6.60. The zero-order chi connectivity index (χ0) is 17.8. The lowest BCUT2D eigenvalue weighted by Crippen LogP contribution is -2.27. The van der Waals surface area contributed by atoms with Crippen LogP contribution in [-0.2, 0) is 24.3 Å². The number of nitrogens with one attached hydrogen (secondary N) is 1. The van der Waals surface area contributed by atoms with E-state index in [0.717, 1.165) is 48.8 Å². The maximum atomic E-state index is 12.6. The summed E-state index contributed by atoms with van der Waals surface area (Å²) in [4.78, 5) is 12.6. The Morgan fingerprint density at radius 2 is 2.04 bits per heavy atom. The first-order valence-corrected chi connectivity index (χ1v) is 9.07. The third-order valence-corrected chi connectivity index (χ3v) is 4.86. The Kier molecular flexibility index (Phi) is 4.82. The minimum Gasteiger partial charge on any atom is -0.469 e. The van der Waals surface area contributed by atoms with Crippen molar-refractivity contribution in [3.63, 3.8) is 0 Å². The Morgan fingerprint density at radius 1 is 1.15 bits per heavy atom. The van der Waals surface area contributed by atoms with Crippen LogP contribution in [0.2, 0.25) is 0 Å². The number of carbonyl (C=O) groups excluding carboxylic acids is 1. The molecule has 0 radical (unpaired) electrons. The molecule has 4 rings (SSSR count). The molecule has 26 heavy (non-hydrogen) atoms. The summed E-state index contributed by atoms with van der Waals surface area (Å²) in [5.41, 5.74) is 1.07. The first kappa shape index (κ1) is 16.6. The quantitative estimate of drug-likeness (QED) is 0.742. The van der Waals surface area contributed by atoms with Gasteiger partial charge in [-0.05, 0) is 30.5 Å². The highest BCUT2D eigenvalue weighted by molar-refractivity contribution is 5.77. The minimum absolute atomic E-state index is 0.0246. The predicted octanol–water partition coefficient (Wildman–Crippen LogP) is 3.05. The van der Waals surface area contributed by atoms with Gasteiger partial charge in [-0.2, -0.15) is 0 Å². The SMILES string of the molecule is O=C(CC(c1ccccc1)c1ccco1)NCc1nnc2n1CCCC2. The van der Waals surface area contributed by atoms with Crippen molar-refractivity contribution in [2.24, 2.45) is 0 Å². The van der Waals surface area contributed by atoms with E-state index in [-0.39, 0.29) is 11.8 Å². The Morgan fingerprint density at radius 3 is 2.85 bits per heavy atom. The van der Waals surface area contributed by atoms with Gasteiger partial charge in [-0.15, -0.1) is 10.2 Å². The number of carbonyl (C=O) groups is 1. The molecule has 134 valence electrons. The van der Waals surface area contributed by atoms with Gasteiger partial charge in [0, 0.05) is 19.4 Å². The molecule has 0 fully saturated rings. The van der Waals surface area contributed by atoms with Crippen LogP contribution >= 0.6 is 0 Å². The molecule has 1 aliphatic heterocycles. The first-order valence-electron chi connectivity index (χ1n) is 9.07. The summed E-state index contributed by atoms with van der Waals surface area (Å²) >= 11 is 0. The molecule has 1 amide bonds. The number of rotatable bonds is 6. The van der Waals surface area contributed by atoms with Crippen LogP contribution in [-0.4, -0.2) is 20.7 Å². The van der Waals surface area contributed by atoms with Crippen molar-refractivity contribution < 1.29 is 9.21 Å². The smallest absolute Gasteiger partial charge is 0.221 e. The molecule has 2 aromatic heterocycles. The van der Waals surface area contributed by atoms with Crippen molar-refractivity contribution in [2.45, 2.75) is 44.7 Å². The van der Waals surface area contributed by atoms with E-state index in [4.69, 9.17) is 4.42 Å². The number of fused-ring (bicyclic) bond motifs is 1. The molecule has 1 aromatic carbocycles. The number of nitrogens with zero attached hydrogens (tertiary/aromatic N) is 3. The van der Waals surface area contributed by atoms with Crippen LogP contribution < -0.4 is 5.32 Å². The molecule has 1 aliphatic rings. The molecule has 0 saturated heterocycles. The molecule has 0 spiro atoms. The fraction of sp³-hybridized carbons (Fsp3) is 0.350. The Bertz CT molecular complexity index is 855. The van der Waals surface area contributed by atoms with E-state index in [9.17, 15) is 4.79 Å². The molecule has 3 aromatic rings. The molecule has 0 bridgehead atoms. The number of amides is 1. The fourth-order valence-electron chi connectivity index (χ4n) is 3.49. The highest BCUT2D eigenvalue weighted by Crippen LogP contribution is 2.28. The van der Waals surface area contributed by atoms with Crippen LogP contribution in [0.5, 0.6) is 0 Å². The van der Waals surface area contributed by atoms with Gasteiger partial charge in [0.25, 0.3) is 0 Å². The van der Waals surface area contributed by atoms with Crippen LogP contribution in [0.1, 0.15) is 48.2 Å². The zero-order valence-electron chi connectivity index (χ0n) is 14.6. The van der Waals surface area contributed by atoms with Gasteiger partial charge in [-0.3, -0.25) is 4.79 Å². The molecular weight excluding hydrogens is 328 g/mol. The van der Waals surface area contributed by atoms with Gasteiger partial charge in [0.15, 0.2) is 5.82 Å². The summed E-state index contributed by atoms with van der Waals surface area (Å²) in [5.74, 6) is 2.54. The van der Waals surface area contributed by atoms with E-state index < -0.39 is 0 Å². The number of hydrogen-bond acceptors (Lipinski definition) is 4. The van der Waals surface area contributed by atoms with Gasteiger partial charge >= 0.3 is 0 Å². The van der Waals surface area contributed by atoms with Gasteiger partial charge in [0.05, 0.1) is 18.7 Å². The molecule has 6 heteroatoms. The van der Waals surface area contributed by atoms with E-state index in [2.05, 4.69) is 20.1 Å². The predicted molar refractivity (Wildman–Crippen MR) is 96.4 cm³/mol. The highest BCUT2D eigenvalue weighted by atomic mass is 16.3. The average molecular weight is 350 g/mol. The lowest BCUT2D eigenvalue weighted by molar-refractivity contribution is -0.121. The van der Waals surface area contributed by atoms with Crippen molar-refractivity contribution in [1.29, 1.82) is 0 Å². The fourth-order valence-corrected chi connectivity index (χ4v) is 3.49. The second-order valence-electron chi connectivity index (χ2n) is 6.60. The van der Waals surface area contributed by atoms with E-state index in [0.29, 0.717) is 13.0 Å². The maximum absolute atomic E-state index is 12.6. The van der Waals surface area contributed by atoms with Gasteiger partial charge in [-0.25, -0.2) is 0 Å². The van der Waals surface area contributed by atoms with Crippen molar-refractivity contribution in [3.8, 4) is 0 Å². The van der Waals surface area contributed by atoms with Crippen LogP contribution in [0.15, 0.2) is 53.1 Å². The Labute approximate surface area is 152 Å². The van der Waals surface area contributed by atoms with E-state index in [1.807, 2.05) is 42.5 Å². The topological polar surface area (TPSA) is 73.0 Å². The van der Waals surface area contributed by atoms with Gasteiger partial charge in [0.1, 0.15) is 11.6 Å². The third-order valence-electron chi connectivity index (χ3n) is 4.86. The standard InChI is InChI=1S/C20H22N4O2/c25-20(21-14-19-23-22-18-10-4-5-11-24(18)19)13-16(17-9-6-12-26-17)15-7-2-1-3-8-15/h1-3,6-9,12,16H,4-5,10-11,13-14H2,(H,21,25). The number of benzene rings is 1. The number of furan rings is 1. The van der Waals surface area contributed by atoms with E-state index in [1.54, 1.807) is 6.26 Å². The first-order chi connectivity index (χ1) is 12.8. The number of aryl methyl sites for hydroxylation is 1. The largest absolute Gasteiger partial charge is 0.469 e. The molecule has 0 aliphatic carbocycles. The maximum Gasteiger partial charge on any atom is 0.221 e. The molecule has 1 N–H and O–H groups in total. The normalized spacial score (nSPS) is 14.6. The van der Waals surface area contributed by atoms with Gasteiger partial charge in [0.2, 0.25) is 5.91 Å². The van der Waals surface area contributed by atoms with Crippen molar-refractivity contribution in [1.82, 2.24) is 20.1 Å². The summed E-state index contributed by atoms with van der Waals surface area (Å²) in [7, 11) is 0. The molecular formula is C20H22N4O2. The monoisotopic (exact) mass is 350 g/mol. The van der Waals surface area contributed by atoms with Gasteiger partial charge in [-0.1, -0.05) is 30.3 Å². The van der Waals surface area contributed by atoms with Crippen molar-refractivity contribution in [3.05, 3.63) is 71.7 Å². The summed E-state index contributed by atoms with van der Waals surface area (Å²) in [6.07, 6.45) is 5.24. The highest BCUT2D eigenvalue weighted by Gasteiger charge is 2.21. The lowest BCUT2D eigenvalue weighted by Gasteiger charge is -2.16. The van der Waals surface area contributed by atoms with Crippen LogP contribution in [0.3, 0.4) is 0 Å².